The lowest BCUT2D eigenvalue weighted by atomic mass is 9.96. The predicted molar refractivity (Wildman–Crippen MR) is 106 cm³/mol. The lowest BCUT2D eigenvalue weighted by Crippen LogP contribution is -2.33. The first-order chi connectivity index (χ1) is 13.2. The second-order valence-corrected chi connectivity index (χ2v) is 7.55. The van der Waals surface area contributed by atoms with Gasteiger partial charge in [-0.3, -0.25) is 0 Å². The van der Waals surface area contributed by atoms with E-state index in [0.29, 0.717) is 4.47 Å². The highest BCUT2D eigenvalue weighted by Crippen LogP contribution is 2.47. The maximum Gasteiger partial charge on any atom is 0.213 e. The Labute approximate surface area is 165 Å². The molecule has 3 aromatic rings. The molecule has 0 saturated carbocycles. The van der Waals surface area contributed by atoms with Gasteiger partial charge in [0.15, 0.2) is 0 Å². The van der Waals surface area contributed by atoms with Crippen LogP contribution in [0.25, 0.3) is 0 Å². The summed E-state index contributed by atoms with van der Waals surface area (Å²) in [5.74, 6) is 0.565. The molecule has 0 N–H and O–H groups in total. The van der Waals surface area contributed by atoms with Crippen LogP contribution >= 0.6 is 15.9 Å². The molecule has 0 radical (unpaired) electrons. The fourth-order valence-electron chi connectivity index (χ4n) is 3.73. The summed E-state index contributed by atoms with van der Waals surface area (Å²) in [4.78, 5) is 0. The smallest absolute Gasteiger partial charge is 0.213 e. The van der Waals surface area contributed by atoms with Gasteiger partial charge in [0.1, 0.15) is 11.6 Å². The summed E-state index contributed by atoms with van der Waals surface area (Å²) in [6.45, 7) is 0. The zero-order chi connectivity index (χ0) is 18.4. The normalized spacial score (nSPS) is 20.5. The second-order valence-electron chi connectivity index (χ2n) is 6.69. The Hall–Kier alpha value is -2.66. The summed E-state index contributed by atoms with van der Waals surface area (Å²) < 4.78 is 20.4. The van der Waals surface area contributed by atoms with Crippen LogP contribution in [0.3, 0.4) is 0 Å². The van der Waals surface area contributed by atoms with E-state index in [2.05, 4.69) is 34.1 Å². The fraction of sp³-hybridized carbons (Fsp3) is 0.136. The molecule has 0 bridgehead atoms. The molecule has 0 aliphatic carbocycles. The van der Waals surface area contributed by atoms with Crippen LogP contribution < -0.4 is 4.74 Å². The molecule has 5 heteroatoms. The van der Waals surface area contributed by atoms with E-state index < -0.39 is 6.23 Å². The van der Waals surface area contributed by atoms with Gasteiger partial charge in [0, 0.05) is 17.5 Å². The van der Waals surface area contributed by atoms with Crippen LogP contribution in [0.15, 0.2) is 82.4 Å². The van der Waals surface area contributed by atoms with Gasteiger partial charge < -0.3 is 4.74 Å². The average molecular weight is 423 g/mol. The van der Waals surface area contributed by atoms with E-state index in [0.717, 1.165) is 34.6 Å². The van der Waals surface area contributed by atoms with Crippen LogP contribution in [0.2, 0.25) is 0 Å². The molecule has 2 atom stereocenters. The van der Waals surface area contributed by atoms with Crippen molar-refractivity contribution in [2.45, 2.75) is 18.7 Å². The van der Waals surface area contributed by atoms with Crippen LogP contribution in [0.1, 0.15) is 35.4 Å². The summed E-state index contributed by atoms with van der Waals surface area (Å²) in [6.07, 6.45) is 0.409. The van der Waals surface area contributed by atoms with Crippen molar-refractivity contribution < 1.29 is 9.13 Å². The van der Waals surface area contributed by atoms with Crippen LogP contribution in [-0.2, 0) is 0 Å². The molecule has 2 aliphatic heterocycles. The number of hydrogen-bond donors (Lipinski definition) is 0. The first-order valence-electron chi connectivity index (χ1n) is 8.82. The van der Waals surface area contributed by atoms with Gasteiger partial charge in [-0.05, 0) is 39.7 Å². The zero-order valence-corrected chi connectivity index (χ0v) is 15.9. The van der Waals surface area contributed by atoms with E-state index in [1.54, 1.807) is 12.1 Å². The number of halogens is 2. The third kappa shape index (κ3) is 2.82. The van der Waals surface area contributed by atoms with Crippen molar-refractivity contribution in [2.75, 3.05) is 0 Å². The summed E-state index contributed by atoms with van der Waals surface area (Å²) in [6, 6.07) is 23.3. The van der Waals surface area contributed by atoms with E-state index >= 15 is 0 Å². The van der Waals surface area contributed by atoms with Gasteiger partial charge in [0.05, 0.1) is 16.2 Å². The fourth-order valence-corrected chi connectivity index (χ4v) is 4.12. The van der Waals surface area contributed by atoms with Crippen molar-refractivity contribution >= 4 is 21.6 Å². The Bertz CT molecular complexity index is 1040. The number of rotatable bonds is 2. The van der Waals surface area contributed by atoms with Crippen LogP contribution in [-0.4, -0.2) is 10.7 Å². The molecule has 2 heterocycles. The minimum Gasteiger partial charge on any atom is -0.464 e. The van der Waals surface area contributed by atoms with Gasteiger partial charge in [-0.25, -0.2) is 9.40 Å². The van der Waals surface area contributed by atoms with E-state index in [4.69, 9.17) is 9.84 Å². The van der Waals surface area contributed by atoms with Crippen molar-refractivity contribution in [1.82, 2.24) is 5.01 Å². The standard InChI is InChI=1S/C22H16BrFN2O/c23-17-12-15(10-11-18(17)24)22-26-20(16-8-4-5-9-21(16)27-22)13-19(25-26)14-6-2-1-3-7-14/h1-12,20,22H,13H2/t20-,22-/m1/s1. The zero-order valence-electron chi connectivity index (χ0n) is 14.3. The molecule has 3 nitrogen and oxygen atoms in total. The first-order valence-corrected chi connectivity index (χ1v) is 9.62. The number of para-hydroxylation sites is 1. The minimum absolute atomic E-state index is 0.0963. The molecule has 0 unspecified atom stereocenters. The number of ether oxygens (including phenoxy) is 1. The van der Waals surface area contributed by atoms with Crippen molar-refractivity contribution in [3.8, 4) is 5.75 Å². The molecule has 3 aromatic carbocycles. The van der Waals surface area contributed by atoms with E-state index in [1.807, 2.05) is 41.4 Å². The van der Waals surface area contributed by atoms with E-state index in [1.165, 1.54) is 6.07 Å². The highest BCUT2D eigenvalue weighted by atomic mass is 79.9. The first kappa shape index (κ1) is 16.5. The molecule has 0 spiro atoms. The predicted octanol–water partition coefficient (Wildman–Crippen LogP) is 5.83. The molecule has 2 aliphatic rings. The second kappa shape index (κ2) is 6.50. The summed E-state index contributed by atoms with van der Waals surface area (Å²) in [7, 11) is 0. The number of hydrogen-bond acceptors (Lipinski definition) is 3. The van der Waals surface area contributed by atoms with E-state index in [-0.39, 0.29) is 11.9 Å². The largest absolute Gasteiger partial charge is 0.464 e. The Morgan fingerprint density at radius 2 is 1.78 bits per heavy atom. The number of benzene rings is 3. The van der Waals surface area contributed by atoms with Gasteiger partial charge in [0.25, 0.3) is 0 Å². The summed E-state index contributed by atoms with van der Waals surface area (Å²) >= 11 is 3.28. The topological polar surface area (TPSA) is 24.8 Å². The maximum absolute atomic E-state index is 13.7. The number of nitrogens with zero attached hydrogens (tertiary/aromatic N) is 2. The highest BCUT2D eigenvalue weighted by Gasteiger charge is 2.40. The molecule has 0 fully saturated rings. The van der Waals surface area contributed by atoms with E-state index in [9.17, 15) is 4.39 Å². The van der Waals surface area contributed by atoms with Gasteiger partial charge in [-0.2, -0.15) is 5.10 Å². The third-order valence-electron chi connectivity index (χ3n) is 5.03. The Morgan fingerprint density at radius 1 is 1.00 bits per heavy atom. The molecule has 0 amide bonds. The highest BCUT2D eigenvalue weighted by molar-refractivity contribution is 9.10. The third-order valence-corrected chi connectivity index (χ3v) is 5.64. The van der Waals surface area contributed by atoms with Crippen LogP contribution in [0.5, 0.6) is 5.75 Å². The van der Waals surface area contributed by atoms with Crippen LogP contribution in [0.4, 0.5) is 4.39 Å². The Morgan fingerprint density at radius 3 is 2.59 bits per heavy atom. The van der Waals surface area contributed by atoms with Gasteiger partial charge in [0.2, 0.25) is 6.23 Å². The monoisotopic (exact) mass is 422 g/mol. The molecular formula is C22H16BrFN2O. The average Bonchev–Trinajstić information content (AvgIpc) is 3.16. The van der Waals surface area contributed by atoms with Crippen molar-refractivity contribution in [2.24, 2.45) is 5.10 Å². The lowest BCUT2D eigenvalue weighted by Gasteiger charge is -2.38. The molecule has 134 valence electrons. The molecular weight excluding hydrogens is 407 g/mol. The molecule has 0 aromatic heterocycles. The molecule has 5 rings (SSSR count). The SMILES string of the molecule is Fc1ccc([C@H]2Oc3ccccc3[C@H]3CC(c4ccccc4)=NN32)cc1Br. The van der Waals surface area contributed by atoms with Gasteiger partial charge in [-0.15, -0.1) is 0 Å². The van der Waals surface area contributed by atoms with Crippen molar-refractivity contribution in [3.63, 3.8) is 0 Å². The lowest BCUT2D eigenvalue weighted by molar-refractivity contribution is -0.0191. The number of hydrazone groups is 1. The van der Waals surface area contributed by atoms with Crippen molar-refractivity contribution in [3.05, 3.63) is 99.8 Å². The molecule has 0 saturated heterocycles. The Kier molecular flexibility index (Phi) is 3.97. The van der Waals surface area contributed by atoms with Gasteiger partial charge >= 0.3 is 0 Å². The molecule has 27 heavy (non-hydrogen) atoms. The maximum atomic E-state index is 13.7. The summed E-state index contributed by atoms with van der Waals surface area (Å²) in [5, 5.41) is 6.91. The quantitative estimate of drug-likeness (QED) is 0.518. The Balaban J connectivity index is 1.61. The summed E-state index contributed by atoms with van der Waals surface area (Å²) in [5.41, 5.74) is 4.14. The minimum atomic E-state index is -0.400. The number of fused-ring (bicyclic) bond motifs is 3. The van der Waals surface area contributed by atoms with Gasteiger partial charge in [-0.1, -0.05) is 54.6 Å². The van der Waals surface area contributed by atoms with Crippen molar-refractivity contribution in [1.29, 1.82) is 0 Å². The van der Waals surface area contributed by atoms with Crippen LogP contribution in [0, 0.1) is 5.82 Å².